The monoisotopic (exact) mass is 403 g/mol. The lowest BCUT2D eigenvalue weighted by atomic mass is 10.2. The van der Waals surface area contributed by atoms with Crippen molar-refractivity contribution in [3.63, 3.8) is 0 Å². The van der Waals surface area contributed by atoms with Crippen molar-refractivity contribution < 1.29 is 14.3 Å². The van der Waals surface area contributed by atoms with Gasteiger partial charge in [0.1, 0.15) is 23.7 Å². The number of aromatic nitrogens is 1. The van der Waals surface area contributed by atoms with Crippen LogP contribution in [0.2, 0.25) is 5.02 Å². The fraction of sp³-hybridized carbons (Fsp3) is 0.429. The minimum Gasteiger partial charge on any atom is -0.489 e. The van der Waals surface area contributed by atoms with Gasteiger partial charge in [0.05, 0.1) is 12.7 Å². The van der Waals surface area contributed by atoms with Crippen LogP contribution in [0, 0.1) is 0 Å². The molecule has 0 radical (unpaired) electrons. The molecular formula is C21H26ClN3O3. The highest BCUT2D eigenvalue weighted by atomic mass is 35.5. The van der Waals surface area contributed by atoms with E-state index in [1.54, 1.807) is 12.4 Å². The summed E-state index contributed by atoms with van der Waals surface area (Å²) in [4.78, 5) is 18.5. The molecule has 0 spiro atoms. The van der Waals surface area contributed by atoms with Gasteiger partial charge in [-0.05, 0) is 44.2 Å². The second-order valence-electron chi connectivity index (χ2n) is 7.09. The van der Waals surface area contributed by atoms with Crippen molar-refractivity contribution in [2.45, 2.75) is 39.0 Å². The Labute approximate surface area is 170 Å². The molecule has 1 aromatic carbocycles. The Morgan fingerprint density at radius 1 is 1.46 bits per heavy atom. The van der Waals surface area contributed by atoms with E-state index in [0.717, 1.165) is 17.9 Å². The number of carbonyl (C=O) groups excluding carboxylic acids is 1. The van der Waals surface area contributed by atoms with E-state index in [-0.39, 0.29) is 18.1 Å². The summed E-state index contributed by atoms with van der Waals surface area (Å²) in [6, 6.07) is 9.34. The van der Waals surface area contributed by atoms with Crippen LogP contribution >= 0.6 is 11.6 Å². The Kier molecular flexibility index (Phi) is 7.12. The average Bonchev–Trinajstić information content (AvgIpc) is 2.83. The summed E-state index contributed by atoms with van der Waals surface area (Å²) in [6.45, 7) is 6.54. The van der Waals surface area contributed by atoms with E-state index >= 15 is 0 Å². The number of amides is 1. The minimum absolute atomic E-state index is 0.00535. The van der Waals surface area contributed by atoms with Gasteiger partial charge >= 0.3 is 0 Å². The van der Waals surface area contributed by atoms with Crippen LogP contribution in [0.4, 0.5) is 0 Å². The van der Waals surface area contributed by atoms with Gasteiger partial charge in [0.2, 0.25) is 5.91 Å². The predicted octanol–water partition coefficient (Wildman–Crippen LogP) is 3.29. The van der Waals surface area contributed by atoms with Gasteiger partial charge in [0.25, 0.3) is 0 Å². The van der Waals surface area contributed by atoms with Crippen LogP contribution < -0.4 is 14.8 Å². The largest absolute Gasteiger partial charge is 0.489 e. The lowest BCUT2D eigenvalue weighted by Crippen LogP contribution is -2.37. The van der Waals surface area contributed by atoms with E-state index in [0.29, 0.717) is 36.8 Å². The van der Waals surface area contributed by atoms with Crippen LogP contribution in [-0.2, 0) is 11.3 Å². The summed E-state index contributed by atoms with van der Waals surface area (Å²) >= 11 is 6.12. The number of benzene rings is 1. The molecule has 3 rings (SSSR count). The molecule has 28 heavy (non-hydrogen) atoms. The fourth-order valence-electron chi connectivity index (χ4n) is 3.18. The minimum atomic E-state index is -0.131. The highest BCUT2D eigenvalue weighted by Crippen LogP contribution is 2.28. The van der Waals surface area contributed by atoms with Crippen molar-refractivity contribution in [3.05, 3.63) is 53.3 Å². The van der Waals surface area contributed by atoms with Gasteiger partial charge in [-0.1, -0.05) is 11.6 Å². The molecule has 2 atom stereocenters. The quantitative estimate of drug-likeness (QED) is 0.768. The summed E-state index contributed by atoms with van der Waals surface area (Å²) in [7, 11) is 0. The molecule has 0 bridgehead atoms. The number of nitrogens with zero attached hydrogens (tertiary/aromatic N) is 2. The number of nitrogens with one attached hydrogen (secondary N) is 1. The zero-order chi connectivity index (χ0) is 19.9. The van der Waals surface area contributed by atoms with Crippen molar-refractivity contribution in [1.82, 2.24) is 15.2 Å². The third kappa shape index (κ3) is 6.11. The van der Waals surface area contributed by atoms with Crippen molar-refractivity contribution in [2.75, 3.05) is 19.6 Å². The van der Waals surface area contributed by atoms with Crippen molar-refractivity contribution >= 4 is 17.5 Å². The van der Waals surface area contributed by atoms with Gasteiger partial charge in [-0.2, -0.15) is 0 Å². The van der Waals surface area contributed by atoms with Crippen LogP contribution in [0.1, 0.15) is 25.8 Å². The second-order valence-corrected chi connectivity index (χ2v) is 7.52. The van der Waals surface area contributed by atoms with E-state index in [1.807, 2.05) is 44.2 Å². The fourth-order valence-corrected chi connectivity index (χ4v) is 3.37. The first-order valence-electron chi connectivity index (χ1n) is 9.50. The van der Waals surface area contributed by atoms with E-state index in [4.69, 9.17) is 21.1 Å². The summed E-state index contributed by atoms with van der Waals surface area (Å²) < 4.78 is 11.7. The Morgan fingerprint density at radius 3 is 3.11 bits per heavy atom. The molecule has 1 amide bonds. The maximum absolute atomic E-state index is 12.3. The van der Waals surface area contributed by atoms with Crippen LogP contribution in [0.15, 0.2) is 42.7 Å². The van der Waals surface area contributed by atoms with E-state index in [1.165, 1.54) is 0 Å². The number of rotatable bonds is 7. The zero-order valence-corrected chi connectivity index (χ0v) is 17.0. The number of ether oxygens (including phenoxy) is 2. The number of hydrogen-bond acceptors (Lipinski definition) is 5. The van der Waals surface area contributed by atoms with Gasteiger partial charge in [-0.25, -0.2) is 0 Å². The van der Waals surface area contributed by atoms with Gasteiger partial charge in [0, 0.05) is 42.8 Å². The van der Waals surface area contributed by atoms with Crippen LogP contribution in [0.3, 0.4) is 0 Å². The van der Waals surface area contributed by atoms with E-state index in [2.05, 4.69) is 15.2 Å². The number of hydrogen-bond donors (Lipinski definition) is 1. The van der Waals surface area contributed by atoms with Gasteiger partial charge in [0.15, 0.2) is 0 Å². The molecule has 0 saturated heterocycles. The van der Waals surface area contributed by atoms with Crippen LogP contribution in [0.5, 0.6) is 11.5 Å². The lowest BCUT2D eigenvalue weighted by molar-refractivity contribution is -0.121. The number of pyridine rings is 1. The van der Waals surface area contributed by atoms with E-state index in [9.17, 15) is 4.79 Å². The first kappa shape index (κ1) is 20.4. The average molecular weight is 404 g/mol. The maximum Gasteiger partial charge on any atom is 0.221 e. The summed E-state index contributed by atoms with van der Waals surface area (Å²) in [5.41, 5.74) is 1.05. The number of fused-ring (bicyclic) bond motifs is 1. The van der Waals surface area contributed by atoms with Gasteiger partial charge < -0.3 is 14.8 Å². The Morgan fingerprint density at radius 2 is 2.32 bits per heavy atom. The Balaban J connectivity index is 1.44. The smallest absolute Gasteiger partial charge is 0.221 e. The standard InChI is InChI=1S/C21H26ClN3O3/c1-15(27-19-4-3-8-23-12-19)11-24-21(26)7-9-25-13-16(2)28-20-6-5-18(22)10-17(20)14-25/h3-6,8,10,12,15-16H,7,9,11,13-14H2,1-2H3,(H,24,26)/t15-,16-/m1/s1. The molecule has 7 heteroatoms. The highest BCUT2D eigenvalue weighted by molar-refractivity contribution is 6.30. The van der Waals surface area contributed by atoms with Gasteiger partial charge in [-0.15, -0.1) is 0 Å². The Bertz CT molecular complexity index is 788. The molecular weight excluding hydrogens is 378 g/mol. The SMILES string of the molecule is C[C@H](CNC(=O)CCN1Cc2cc(Cl)ccc2O[C@H](C)C1)Oc1cccnc1. The van der Waals surface area contributed by atoms with Crippen LogP contribution in [0.25, 0.3) is 0 Å². The molecule has 6 nitrogen and oxygen atoms in total. The molecule has 2 aromatic rings. The lowest BCUT2D eigenvalue weighted by Gasteiger charge is -2.21. The summed E-state index contributed by atoms with van der Waals surface area (Å²) in [5, 5.41) is 3.63. The predicted molar refractivity (Wildman–Crippen MR) is 109 cm³/mol. The summed E-state index contributed by atoms with van der Waals surface area (Å²) in [6.07, 6.45) is 3.69. The van der Waals surface area contributed by atoms with E-state index < -0.39 is 0 Å². The molecule has 2 heterocycles. The third-order valence-corrected chi connectivity index (χ3v) is 4.71. The molecule has 0 fully saturated rings. The zero-order valence-electron chi connectivity index (χ0n) is 16.2. The third-order valence-electron chi connectivity index (χ3n) is 4.47. The van der Waals surface area contributed by atoms with Gasteiger partial charge in [-0.3, -0.25) is 14.7 Å². The Hall–Kier alpha value is -2.31. The first-order valence-corrected chi connectivity index (χ1v) is 9.88. The first-order chi connectivity index (χ1) is 13.5. The molecule has 1 aliphatic heterocycles. The highest BCUT2D eigenvalue weighted by Gasteiger charge is 2.21. The summed E-state index contributed by atoms with van der Waals surface area (Å²) in [5.74, 6) is 1.57. The molecule has 1 aliphatic rings. The number of carbonyl (C=O) groups is 1. The molecule has 0 saturated carbocycles. The van der Waals surface area contributed by atoms with Crippen molar-refractivity contribution in [2.24, 2.45) is 0 Å². The van der Waals surface area contributed by atoms with Crippen molar-refractivity contribution in [1.29, 1.82) is 0 Å². The molecule has 150 valence electrons. The number of halogens is 1. The molecule has 1 aromatic heterocycles. The topological polar surface area (TPSA) is 63.7 Å². The molecule has 0 unspecified atom stereocenters. The normalized spacial score (nSPS) is 17.8. The molecule has 0 aliphatic carbocycles. The second kappa shape index (κ2) is 9.75. The van der Waals surface area contributed by atoms with Crippen molar-refractivity contribution in [3.8, 4) is 11.5 Å². The molecule has 1 N–H and O–H groups in total. The maximum atomic E-state index is 12.3. The van der Waals surface area contributed by atoms with Crippen LogP contribution in [-0.4, -0.2) is 47.6 Å².